The van der Waals surface area contributed by atoms with Gasteiger partial charge in [0.1, 0.15) is 0 Å². The molecule has 8 rings (SSSR count). The van der Waals surface area contributed by atoms with Crippen LogP contribution < -0.4 is 0 Å². The molecular formula is C40H26N4. The lowest BCUT2D eigenvalue weighted by atomic mass is 9.96. The molecule has 0 aliphatic heterocycles. The van der Waals surface area contributed by atoms with Gasteiger partial charge in [0.15, 0.2) is 17.5 Å². The van der Waals surface area contributed by atoms with Gasteiger partial charge in [-0.2, -0.15) is 0 Å². The van der Waals surface area contributed by atoms with Crippen LogP contribution in [0.5, 0.6) is 0 Å². The van der Waals surface area contributed by atoms with Gasteiger partial charge in [-0.15, -0.1) is 0 Å². The van der Waals surface area contributed by atoms with Crippen LogP contribution in [0.25, 0.3) is 78.0 Å². The summed E-state index contributed by atoms with van der Waals surface area (Å²) in [6, 6.07) is 50.5. The molecule has 0 unspecified atom stereocenters. The Balaban J connectivity index is 1.36. The second kappa shape index (κ2) is 11.0. The molecule has 0 spiro atoms. The summed E-state index contributed by atoms with van der Waals surface area (Å²) in [4.78, 5) is 19.5. The first-order chi connectivity index (χ1) is 21.8. The molecule has 0 fully saturated rings. The van der Waals surface area contributed by atoms with Crippen molar-refractivity contribution in [1.82, 2.24) is 19.9 Å². The van der Waals surface area contributed by atoms with E-state index in [1.165, 1.54) is 10.8 Å². The quantitative estimate of drug-likeness (QED) is 0.209. The minimum atomic E-state index is 0.624. The number of hydrogen-bond donors (Lipinski definition) is 0. The van der Waals surface area contributed by atoms with Crippen LogP contribution in [0.1, 0.15) is 0 Å². The summed E-state index contributed by atoms with van der Waals surface area (Å²) in [6.45, 7) is 0. The molecule has 0 amide bonds. The molecule has 0 saturated heterocycles. The number of rotatable bonds is 5. The Hall–Kier alpha value is -6.00. The van der Waals surface area contributed by atoms with Gasteiger partial charge in [-0.1, -0.05) is 103 Å². The molecular weight excluding hydrogens is 536 g/mol. The van der Waals surface area contributed by atoms with E-state index in [1.807, 2.05) is 30.6 Å². The molecule has 0 atom stereocenters. The fraction of sp³-hybridized carbons (Fsp3) is 0. The van der Waals surface area contributed by atoms with Crippen molar-refractivity contribution >= 4 is 21.5 Å². The van der Waals surface area contributed by atoms with Crippen molar-refractivity contribution in [3.8, 4) is 56.4 Å². The average Bonchev–Trinajstić information content (AvgIpc) is 3.11. The summed E-state index contributed by atoms with van der Waals surface area (Å²) in [6.07, 6.45) is 3.64. The van der Waals surface area contributed by atoms with E-state index in [0.29, 0.717) is 17.5 Å². The largest absolute Gasteiger partial charge is 0.265 e. The fourth-order valence-corrected chi connectivity index (χ4v) is 5.69. The molecule has 2 aromatic heterocycles. The summed E-state index contributed by atoms with van der Waals surface area (Å²) in [5.74, 6) is 1.90. The second-order valence-electron chi connectivity index (χ2n) is 10.8. The Labute approximate surface area is 255 Å². The lowest BCUT2D eigenvalue weighted by Gasteiger charge is -2.13. The van der Waals surface area contributed by atoms with Crippen molar-refractivity contribution in [1.29, 1.82) is 0 Å². The highest BCUT2D eigenvalue weighted by Gasteiger charge is 2.15. The van der Waals surface area contributed by atoms with Crippen LogP contribution in [0, 0.1) is 0 Å². The number of pyridine rings is 1. The number of nitrogens with zero attached hydrogens (tertiary/aromatic N) is 4. The molecule has 206 valence electrons. The molecule has 6 aromatic carbocycles. The van der Waals surface area contributed by atoms with E-state index in [9.17, 15) is 0 Å². The monoisotopic (exact) mass is 562 g/mol. The minimum absolute atomic E-state index is 0.624. The van der Waals surface area contributed by atoms with Gasteiger partial charge in [-0.25, -0.2) is 15.0 Å². The summed E-state index contributed by atoms with van der Waals surface area (Å²) < 4.78 is 0. The van der Waals surface area contributed by atoms with Crippen LogP contribution in [0.3, 0.4) is 0 Å². The van der Waals surface area contributed by atoms with Crippen molar-refractivity contribution in [3.05, 3.63) is 158 Å². The molecule has 8 aromatic rings. The van der Waals surface area contributed by atoms with Crippen LogP contribution in [0.15, 0.2) is 158 Å². The number of hydrogen-bond acceptors (Lipinski definition) is 4. The fourth-order valence-electron chi connectivity index (χ4n) is 5.69. The Kier molecular flexibility index (Phi) is 6.43. The minimum Gasteiger partial charge on any atom is -0.265 e. The molecule has 0 radical (unpaired) electrons. The smallest absolute Gasteiger partial charge is 0.164 e. The van der Waals surface area contributed by atoms with Crippen LogP contribution in [0.2, 0.25) is 0 Å². The molecule has 2 heterocycles. The van der Waals surface area contributed by atoms with Gasteiger partial charge in [0.2, 0.25) is 0 Å². The van der Waals surface area contributed by atoms with E-state index >= 15 is 0 Å². The normalized spacial score (nSPS) is 11.2. The van der Waals surface area contributed by atoms with Crippen molar-refractivity contribution in [3.63, 3.8) is 0 Å². The summed E-state index contributed by atoms with van der Waals surface area (Å²) in [5.41, 5.74) is 7.19. The number of aromatic nitrogens is 4. The van der Waals surface area contributed by atoms with E-state index < -0.39 is 0 Å². The third kappa shape index (κ3) is 4.99. The zero-order chi connectivity index (χ0) is 29.3. The highest BCUT2D eigenvalue weighted by molar-refractivity contribution is 5.88. The van der Waals surface area contributed by atoms with Crippen molar-refractivity contribution in [2.45, 2.75) is 0 Å². The molecule has 0 N–H and O–H groups in total. The van der Waals surface area contributed by atoms with E-state index in [-0.39, 0.29) is 0 Å². The lowest BCUT2D eigenvalue weighted by Crippen LogP contribution is -2.01. The lowest BCUT2D eigenvalue weighted by molar-refractivity contribution is 1.08. The predicted octanol–water partition coefficient (Wildman–Crippen LogP) is 9.91. The molecule has 0 saturated carbocycles. The van der Waals surface area contributed by atoms with Crippen LogP contribution in [-0.4, -0.2) is 19.9 Å². The first-order valence-electron chi connectivity index (χ1n) is 14.6. The third-order valence-electron chi connectivity index (χ3n) is 7.96. The maximum atomic E-state index is 5.10. The van der Waals surface area contributed by atoms with Crippen LogP contribution in [0.4, 0.5) is 0 Å². The van der Waals surface area contributed by atoms with E-state index in [0.717, 1.165) is 49.7 Å². The molecule has 0 bridgehead atoms. The molecule has 4 nitrogen and oxygen atoms in total. The average molecular weight is 563 g/mol. The second-order valence-corrected chi connectivity index (χ2v) is 10.8. The van der Waals surface area contributed by atoms with Gasteiger partial charge in [-0.3, -0.25) is 4.98 Å². The van der Waals surface area contributed by atoms with Crippen molar-refractivity contribution in [2.75, 3.05) is 0 Å². The van der Waals surface area contributed by atoms with Crippen molar-refractivity contribution in [2.24, 2.45) is 0 Å². The van der Waals surface area contributed by atoms with E-state index in [2.05, 4.69) is 132 Å². The van der Waals surface area contributed by atoms with Gasteiger partial charge >= 0.3 is 0 Å². The van der Waals surface area contributed by atoms with Gasteiger partial charge in [0.25, 0.3) is 0 Å². The zero-order valence-corrected chi connectivity index (χ0v) is 23.8. The van der Waals surface area contributed by atoms with Gasteiger partial charge in [0, 0.05) is 29.1 Å². The summed E-state index contributed by atoms with van der Waals surface area (Å²) >= 11 is 0. The van der Waals surface area contributed by atoms with Crippen LogP contribution in [-0.2, 0) is 0 Å². The Morgan fingerprint density at radius 3 is 1.25 bits per heavy atom. The zero-order valence-electron chi connectivity index (χ0n) is 23.8. The van der Waals surface area contributed by atoms with Crippen LogP contribution >= 0.6 is 0 Å². The van der Waals surface area contributed by atoms with Gasteiger partial charge < -0.3 is 0 Å². The van der Waals surface area contributed by atoms with E-state index in [1.54, 1.807) is 0 Å². The number of fused-ring (bicyclic) bond motifs is 2. The molecule has 44 heavy (non-hydrogen) atoms. The van der Waals surface area contributed by atoms with Crippen molar-refractivity contribution < 1.29 is 0 Å². The maximum Gasteiger partial charge on any atom is 0.164 e. The third-order valence-corrected chi connectivity index (χ3v) is 7.96. The molecule has 4 heteroatoms. The number of benzene rings is 6. The van der Waals surface area contributed by atoms with E-state index in [4.69, 9.17) is 15.0 Å². The first-order valence-corrected chi connectivity index (χ1v) is 14.6. The highest BCUT2D eigenvalue weighted by atomic mass is 15.0. The first kappa shape index (κ1) is 25.7. The standard InChI is InChI=1S/C40H26N4/c1-2-8-27(9-3-1)35-24-36(30-18-20-41-21-19-30)26-37(25-35)40-43-38(33-16-14-28-10-4-6-12-31(28)22-33)42-39(44-40)34-17-15-29-11-5-7-13-32(29)23-34/h1-26H. The highest BCUT2D eigenvalue weighted by Crippen LogP contribution is 2.34. The molecule has 0 aliphatic rings. The Morgan fingerprint density at radius 1 is 0.273 bits per heavy atom. The Morgan fingerprint density at radius 2 is 0.705 bits per heavy atom. The Bertz CT molecular complexity index is 2120. The summed E-state index contributed by atoms with van der Waals surface area (Å²) in [7, 11) is 0. The SMILES string of the molecule is c1ccc(-c2cc(-c3ccncc3)cc(-c3nc(-c4ccc5ccccc5c4)nc(-c4ccc5ccccc5c4)n3)c2)cc1. The maximum absolute atomic E-state index is 5.10. The van der Waals surface area contributed by atoms with Gasteiger partial charge in [-0.05, 0) is 86.3 Å². The molecule has 0 aliphatic carbocycles. The summed E-state index contributed by atoms with van der Waals surface area (Å²) in [5, 5.41) is 4.64. The van der Waals surface area contributed by atoms with Gasteiger partial charge in [0.05, 0.1) is 0 Å². The predicted molar refractivity (Wildman–Crippen MR) is 180 cm³/mol. The topological polar surface area (TPSA) is 51.6 Å².